The Labute approximate surface area is 164 Å². The molecule has 1 aromatic carbocycles. The van der Waals surface area contributed by atoms with Crippen LogP contribution in [0.1, 0.15) is 47.8 Å². The number of hydrogen-bond donors (Lipinski definition) is 2. The number of amides is 1. The van der Waals surface area contributed by atoms with Crippen LogP contribution in [0.4, 0.5) is 13.2 Å². The zero-order valence-corrected chi connectivity index (χ0v) is 16.2. The van der Waals surface area contributed by atoms with E-state index >= 15 is 0 Å². The van der Waals surface area contributed by atoms with Crippen molar-refractivity contribution in [3.05, 3.63) is 52.0 Å². The third-order valence-electron chi connectivity index (χ3n) is 5.06. The van der Waals surface area contributed by atoms with E-state index in [9.17, 15) is 18.0 Å². The van der Waals surface area contributed by atoms with Crippen LogP contribution in [-0.2, 0) is 11.0 Å². The summed E-state index contributed by atoms with van der Waals surface area (Å²) < 4.78 is 38.7. The molecule has 2 heterocycles. The molecule has 1 fully saturated rings. The summed E-state index contributed by atoms with van der Waals surface area (Å²) in [5, 5.41) is 2.96. The number of thiophene rings is 1. The Bertz CT molecular complexity index is 974. The van der Waals surface area contributed by atoms with Crippen LogP contribution in [0.2, 0.25) is 0 Å². The van der Waals surface area contributed by atoms with Crippen molar-refractivity contribution in [2.45, 2.75) is 38.4 Å². The molecule has 1 amide bonds. The molecule has 148 valence electrons. The molecule has 8 heteroatoms. The van der Waals surface area contributed by atoms with Crippen LogP contribution in [0.5, 0.6) is 0 Å². The highest BCUT2D eigenvalue weighted by molar-refractivity contribution is 7.12. The van der Waals surface area contributed by atoms with E-state index in [1.54, 1.807) is 0 Å². The highest BCUT2D eigenvalue weighted by Crippen LogP contribution is 2.47. The molecule has 1 aliphatic rings. The van der Waals surface area contributed by atoms with E-state index in [4.69, 9.17) is 0 Å². The van der Waals surface area contributed by atoms with Crippen molar-refractivity contribution in [1.82, 2.24) is 15.3 Å². The largest absolute Gasteiger partial charge is 0.425 e. The third-order valence-corrected chi connectivity index (χ3v) is 6.28. The molecule has 0 unspecified atom stereocenters. The first-order chi connectivity index (χ1) is 13.2. The molecule has 1 aliphatic carbocycles. The summed E-state index contributed by atoms with van der Waals surface area (Å²) in [4.78, 5) is 20.4. The fourth-order valence-electron chi connectivity index (χ4n) is 3.43. The Hall–Kier alpha value is -2.35. The Morgan fingerprint density at radius 1 is 1.25 bits per heavy atom. The second kappa shape index (κ2) is 6.92. The predicted octanol–water partition coefficient (Wildman–Crippen LogP) is 5.26. The number of nitrogens with one attached hydrogen (secondary N) is 2. The van der Waals surface area contributed by atoms with Gasteiger partial charge < -0.3 is 10.3 Å². The quantitative estimate of drug-likeness (QED) is 0.606. The summed E-state index contributed by atoms with van der Waals surface area (Å²) in [5.74, 6) is 0.453. The van der Waals surface area contributed by atoms with Crippen molar-refractivity contribution in [3.63, 3.8) is 0 Å². The van der Waals surface area contributed by atoms with E-state index in [1.807, 2.05) is 38.1 Å². The number of nitrogens with zero attached hydrogens (tertiary/aromatic N) is 1. The molecular formula is C20H20F3N3OS. The SMILES string of the molecule is CC(C)[C@H](NC(=O)[C@H]1C[C@@H]1c1nc2ccccc2[nH]1)c1ccc(C(F)(F)F)s1. The average Bonchev–Trinajstić information content (AvgIpc) is 3.08. The predicted molar refractivity (Wildman–Crippen MR) is 102 cm³/mol. The zero-order valence-electron chi connectivity index (χ0n) is 15.4. The highest BCUT2D eigenvalue weighted by Gasteiger charge is 2.46. The van der Waals surface area contributed by atoms with Crippen LogP contribution in [0.3, 0.4) is 0 Å². The van der Waals surface area contributed by atoms with E-state index < -0.39 is 17.1 Å². The van der Waals surface area contributed by atoms with Gasteiger partial charge in [0.2, 0.25) is 5.91 Å². The minimum atomic E-state index is -4.36. The molecule has 28 heavy (non-hydrogen) atoms. The number of rotatable bonds is 5. The molecule has 4 nitrogen and oxygen atoms in total. The number of aromatic nitrogens is 2. The average molecular weight is 407 g/mol. The fourth-order valence-corrected chi connectivity index (χ4v) is 4.53. The van der Waals surface area contributed by atoms with Gasteiger partial charge in [0, 0.05) is 16.7 Å². The van der Waals surface area contributed by atoms with Crippen LogP contribution in [-0.4, -0.2) is 15.9 Å². The van der Waals surface area contributed by atoms with Gasteiger partial charge in [-0.2, -0.15) is 13.2 Å². The molecular weight excluding hydrogens is 387 g/mol. The van der Waals surface area contributed by atoms with Crippen molar-refractivity contribution >= 4 is 28.3 Å². The van der Waals surface area contributed by atoms with Crippen molar-refractivity contribution in [2.75, 3.05) is 0 Å². The molecule has 3 atom stereocenters. The normalized spacial score (nSPS) is 20.5. The van der Waals surface area contributed by atoms with Crippen molar-refractivity contribution in [2.24, 2.45) is 11.8 Å². The number of benzene rings is 1. The van der Waals surface area contributed by atoms with Gasteiger partial charge >= 0.3 is 6.18 Å². The summed E-state index contributed by atoms with van der Waals surface area (Å²) in [7, 11) is 0. The van der Waals surface area contributed by atoms with Gasteiger partial charge in [0.1, 0.15) is 10.7 Å². The lowest BCUT2D eigenvalue weighted by Crippen LogP contribution is -2.32. The number of hydrogen-bond acceptors (Lipinski definition) is 3. The molecule has 2 aromatic heterocycles. The molecule has 4 rings (SSSR count). The van der Waals surface area contributed by atoms with Crippen LogP contribution < -0.4 is 5.32 Å². The molecule has 0 spiro atoms. The lowest BCUT2D eigenvalue weighted by Gasteiger charge is -2.21. The molecule has 3 aromatic rings. The van der Waals surface area contributed by atoms with E-state index in [-0.39, 0.29) is 23.7 Å². The van der Waals surface area contributed by atoms with Gasteiger partial charge in [-0.1, -0.05) is 26.0 Å². The maximum absolute atomic E-state index is 12.9. The molecule has 0 aliphatic heterocycles. The Morgan fingerprint density at radius 3 is 2.64 bits per heavy atom. The minimum absolute atomic E-state index is 0.0212. The minimum Gasteiger partial charge on any atom is -0.348 e. The number of H-pyrrole nitrogens is 1. The number of carbonyl (C=O) groups excluding carboxylic acids is 1. The van der Waals surface area contributed by atoms with Gasteiger partial charge in [-0.05, 0) is 36.6 Å². The summed E-state index contributed by atoms with van der Waals surface area (Å²) in [6.07, 6.45) is -3.67. The molecule has 1 saturated carbocycles. The molecule has 2 N–H and O–H groups in total. The van der Waals surface area contributed by atoms with E-state index in [1.165, 1.54) is 6.07 Å². The van der Waals surface area contributed by atoms with Crippen LogP contribution in [0, 0.1) is 11.8 Å². The Morgan fingerprint density at radius 2 is 2.00 bits per heavy atom. The van der Waals surface area contributed by atoms with Gasteiger partial charge in [0.25, 0.3) is 0 Å². The summed E-state index contributed by atoms with van der Waals surface area (Å²) in [5.41, 5.74) is 1.80. The molecule has 0 radical (unpaired) electrons. The van der Waals surface area contributed by atoms with Crippen molar-refractivity contribution in [1.29, 1.82) is 0 Å². The standard InChI is InChI=1S/C20H20F3N3OS/c1-10(2)17(15-7-8-16(28-15)20(21,22)23)26-19(27)12-9-11(12)18-24-13-5-3-4-6-14(13)25-18/h3-8,10-12,17H,9H2,1-2H3,(H,24,25)(H,26,27)/t11-,12-,17-/m0/s1. The highest BCUT2D eigenvalue weighted by atomic mass is 32.1. The number of para-hydroxylation sites is 2. The summed E-state index contributed by atoms with van der Waals surface area (Å²) in [6, 6.07) is 9.78. The Kier molecular flexibility index (Phi) is 4.69. The van der Waals surface area contributed by atoms with Gasteiger partial charge in [0.15, 0.2) is 0 Å². The zero-order chi connectivity index (χ0) is 20.1. The number of halogens is 3. The fraction of sp³-hybridized carbons (Fsp3) is 0.400. The number of fused-ring (bicyclic) bond motifs is 1. The van der Waals surface area contributed by atoms with Gasteiger partial charge in [-0.15, -0.1) is 11.3 Å². The lowest BCUT2D eigenvalue weighted by atomic mass is 10.0. The number of carbonyl (C=O) groups is 1. The second-order valence-corrected chi connectivity index (χ2v) is 8.63. The van der Waals surface area contributed by atoms with Crippen LogP contribution in [0.25, 0.3) is 11.0 Å². The lowest BCUT2D eigenvalue weighted by molar-refractivity contribution is -0.134. The summed E-state index contributed by atoms with van der Waals surface area (Å²) in [6.45, 7) is 3.78. The first-order valence-electron chi connectivity index (χ1n) is 9.16. The Balaban J connectivity index is 1.46. The van der Waals surface area contributed by atoms with Crippen molar-refractivity contribution < 1.29 is 18.0 Å². The number of imidazole rings is 1. The first-order valence-corrected chi connectivity index (χ1v) is 9.97. The maximum Gasteiger partial charge on any atom is 0.425 e. The first kappa shape index (κ1) is 19.0. The van der Waals surface area contributed by atoms with E-state index in [0.717, 1.165) is 22.9 Å². The topological polar surface area (TPSA) is 57.8 Å². The summed E-state index contributed by atoms with van der Waals surface area (Å²) >= 11 is 0.692. The monoisotopic (exact) mass is 407 g/mol. The van der Waals surface area contributed by atoms with Gasteiger partial charge in [-0.3, -0.25) is 4.79 Å². The third kappa shape index (κ3) is 3.65. The smallest absolute Gasteiger partial charge is 0.348 e. The second-order valence-electron chi connectivity index (χ2n) is 7.52. The maximum atomic E-state index is 12.9. The number of alkyl halides is 3. The van der Waals surface area contributed by atoms with Crippen LogP contribution in [0.15, 0.2) is 36.4 Å². The number of aromatic amines is 1. The van der Waals surface area contributed by atoms with Gasteiger partial charge in [0.05, 0.1) is 17.1 Å². The molecule has 0 bridgehead atoms. The molecule has 0 saturated heterocycles. The van der Waals surface area contributed by atoms with Gasteiger partial charge in [-0.25, -0.2) is 4.98 Å². The van der Waals surface area contributed by atoms with Crippen LogP contribution >= 0.6 is 11.3 Å². The van der Waals surface area contributed by atoms with E-state index in [2.05, 4.69) is 15.3 Å². The van der Waals surface area contributed by atoms with Crippen molar-refractivity contribution in [3.8, 4) is 0 Å². The van der Waals surface area contributed by atoms with E-state index in [0.29, 0.717) is 22.6 Å².